The minimum atomic E-state index is -4.75. The van der Waals surface area contributed by atoms with E-state index in [0.717, 1.165) is 29.5 Å². The molecule has 0 aliphatic heterocycles. The van der Waals surface area contributed by atoms with Gasteiger partial charge in [0.25, 0.3) is 0 Å². The Morgan fingerprint density at radius 2 is 1.77 bits per heavy atom. The molecule has 0 aliphatic rings. The molecule has 0 aliphatic carbocycles. The number of likely N-dealkylation sites (N-methyl/N-ethyl adjacent to an activating group) is 1. The standard InChI is InChI=1S/C23H27ClF3N3O4S/c1-5-19(22(32)28-3)29(13-16-9-7-6-8-15(16)2)21(31)14-30(35(4,33)34)20-12-17(23(25,26)27)10-11-18(20)24/h6-12,19H,5,13-14H2,1-4H3,(H,28,32). The van der Waals surface area contributed by atoms with Crippen molar-refractivity contribution >= 4 is 39.1 Å². The zero-order valence-corrected chi connectivity index (χ0v) is 21.3. The van der Waals surface area contributed by atoms with Crippen molar-refractivity contribution in [3.8, 4) is 0 Å². The van der Waals surface area contributed by atoms with Gasteiger partial charge in [-0.2, -0.15) is 13.2 Å². The molecule has 0 saturated heterocycles. The maximum atomic E-state index is 13.5. The van der Waals surface area contributed by atoms with Crippen LogP contribution in [0.4, 0.5) is 18.9 Å². The highest BCUT2D eigenvalue weighted by atomic mass is 35.5. The van der Waals surface area contributed by atoms with Crippen LogP contribution >= 0.6 is 11.6 Å². The number of hydrogen-bond acceptors (Lipinski definition) is 4. The van der Waals surface area contributed by atoms with Crippen molar-refractivity contribution < 1.29 is 31.2 Å². The van der Waals surface area contributed by atoms with E-state index < -0.39 is 51.9 Å². The molecule has 1 atom stereocenters. The quantitative estimate of drug-likeness (QED) is 0.528. The number of carbonyl (C=O) groups is 2. The van der Waals surface area contributed by atoms with Gasteiger partial charge in [0.15, 0.2) is 0 Å². The van der Waals surface area contributed by atoms with Gasteiger partial charge in [0, 0.05) is 13.6 Å². The molecule has 2 aromatic rings. The van der Waals surface area contributed by atoms with E-state index in [-0.39, 0.29) is 18.0 Å². The van der Waals surface area contributed by atoms with Gasteiger partial charge in [-0.25, -0.2) is 8.42 Å². The van der Waals surface area contributed by atoms with Crippen LogP contribution in [0, 0.1) is 6.92 Å². The fourth-order valence-electron chi connectivity index (χ4n) is 3.53. The van der Waals surface area contributed by atoms with Gasteiger partial charge in [-0.3, -0.25) is 13.9 Å². The Kier molecular flexibility index (Phi) is 9.18. The third kappa shape index (κ3) is 7.11. The van der Waals surface area contributed by atoms with Crippen LogP contribution in [0.2, 0.25) is 5.02 Å². The molecule has 0 radical (unpaired) electrons. The number of amides is 2. The third-order valence-electron chi connectivity index (χ3n) is 5.46. The molecule has 35 heavy (non-hydrogen) atoms. The van der Waals surface area contributed by atoms with Crippen LogP contribution in [0.5, 0.6) is 0 Å². The molecular formula is C23H27ClF3N3O4S. The number of nitrogens with zero attached hydrogens (tertiary/aromatic N) is 2. The summed E-state index contributed by atoms with van der Waals surface area (Å²) in [6, 6.07) is 8.45. The molecule has 0 spiro atoms. The van der Waals surface area contributed by atoms with E-state index in [9.17, 15) is 31.2 Å². The summed E-state index contributed by atoms with van der Waals surface area (Å²) in [6.07, 6.45) is -3.77. The number of halogens is 4. The Morgan fingerprint density at radius 3 is 2.29 bits per heavy atom. The highest BCUT2D eigenvalue weighted by Gasteiger charge is 2.35. The lowest BCUT2D eigenvalue weighted by Gasteiger charge is -2.33. The second-order valence-electron chi connectivity index (χ2n) is 7.92. The first-order valence-corrected chi connectivity index (χ1v) is 12.8. The molecule has 0 saturated carbocycles. The van der Waals surface area contributed by atoms with E-state index in [1.165, 1.54) is 11.9 Å². The largest absolute Gasteiger partial charge is 0.416 e. The summed E-state index contributed by atoms with van der Waals surface area (Å²) in [7, 11) is -2.83. The van der Waals surface area contributed by atoms with E-state index in [4.69, 9.17) is 11.6 Å². The number of nitrogens with one attached hydrogen (secondary N) is 1. The molecule has 2 amide bonds. The summed E-state index contributed by atoms with van der Waals surface area (Å²) < 4.78 is 65.5. The van der Waals surface area contributed by atoms with Crippen LogP contribution in [0.15, 0.2) is 42.5 Å². The van der Waals surface area contributed by atoms with Crippen LogP contribution < -0.4 is 9.62 Å². The molecule has 2 aromatic carbocycles. The summed E-state index contributed by atoms with van der Waals surface area (Å²) >= 11 is 6.06. The smallest absolute Gasteiger partial charge is 0.357 e. The Balaban J connectivity index is 2.55. The number of aryl methyl sites for hydroxylation is 1. The van der Waals surface area contributed by atoms with Gasteiger partial charge in [-0.05, 0) is 42.7 Å². The Morgan fingerprint density at radius 1 is 1.14 bits per heavy atom. The number of rotatable bonds is 9. The van der Waals surface area contributed by atoms with Crippen molar-refractivity contribution in [3.05, 3.63) is 64.2 Å². The van der Waals surface area contributed by atoms with Crippen molar-refractivity contribution in [2.24, 2.45) is 0 Å². The molecular weight excluding hydrogens is 507 g/mol. The van der Waals surface area contributed by atoms with E-state index in [1.54, 1.807) is 19.1 Å². The van der Waals surface area contributed by atoms with Gasteiger partial charge in [-0.1, -0.05) is 42.8 Å². The van der Waals surface area contributed by atoms with E-state index in [1.807, 2.05) is 19.1 Å². The van der Waals surface area contributed by atoms with Crippen LogP contribution in [-0.2, 0) is 32.3 Å². The second-order valence-corrected chi connectivity index (χ2v) is 10.2. The van der Waals surface area contributed by atoms with Crippen LogP contribution in [-0.4, -0.2) is 51.0 Å². The summed E-state index contributed by atoms with van der Waals surface area (Å²) in [6.45, 7) is 2.66. The molecule has 0 fully saturated rings. The highest BCUT2D eigenvalue weighted by Crippen LogP contribution is 2.36. The van der Waals surface area contributed by atoms with Gasteiger partial charge in [0.1, 0.15) is 12.6 Å². The van der Waals surface area contributed by atoms with Crippen molar-refractivity contribution in [1.29, 1.82) is 0 Å². The van der Waals surface area contributed by atoms with Gasteiger partial charge >= 0.3 is 6.18 Å². The topological polar surface area (TPSA) is 86.8 Å². The number of anilines is 1. The molecule has 0 heterocycles. The first-order chi connectivity index (χ1) is 16.2. The maximum absolute atomic E-state index is 13.5. The van der Waals surface area contributed by atoms with Gasteiger partial charge in [0.2, 0.25) is 21.8 Å². The first-order valence-electron chi connectivity index (χ1n) is 10.6. The summed E-state index contributed by atoms with van der Waals surface area (Å²) in [5.74, 6) is -1.24. The van der Waals surface area contributed by atoms with E-state index in [0.29, 0.717) is 10.4 Å². The lowest BCUT2D eigenvalue weighted by atomic mass is 10.1. The summed E-state index contributed by atoms with van der Waals surface area (Å²) in [4.78, 5) is 27.2. The number of alkyl halides is 3. The first kappa shape index (κ1) is 28.4. The van der Waals surface area contributed by atoms with Crippen LogP contribution in [0.1, 0.15) is 30.0 Å². The molecule has 1 N–H and O–H groups in total. The molecule has 12 heteroatoms. The lowest BCUT2D eigenvalue weighted by molar-refractivity contribution is -0.140. The third-order valence-corrected chi connectivity index (χ3v) is 6.90. The van der Waals surface area contributed by atoms with Crippen molar-refractivity contribution in [1.82, 2.24) is 10.2 Å². The maximum Gasteiger partial charge on any atom is 0.416 e. The van der Waals surface area contributed by atoms with Crippen LogP contribution in [0.3, 0.4) is 0 Å². The molecule has 7 nitrogen and oxygen atoms in total. The predicted molar refractivity (Wildman–Crippen MR) is 129 cm³/mol. The minimum absolute atomic E-state index is 0.00857. The molecule has 0 aromatic heterocycles. The van der Waals surface area contributed by atoms with Gasteiger partial charge in [-0.15, -0.1) is 0 Å². The number of carbonyl (C=O) groups excluding carboxylic acids is 2. The molecule has 2 rings (SSSR count). The Bertz CT molecular complexity index is 1190. The fourth-order valence-corrected chi connectivity index (χ4v) is 4.65. The second kappa shape index (κ2) is 11.3. The average molecular weight is 534 g/mol. The SMILES string of the molecule is CCC(C(=O)NC)N(Cc1ccccc1C)C(=O)CN(c1cc(C(F)(F)F)ccc1Cl)S(C)(=O)=O. The van der Waals surface area contributed by atoms with Crippen molar-refractivity contribution in [2.45, 2.75) is 39.0 Å². The van der Waals surface area contributed by atoms with Gasteiger partial charge < -0.3 is 10.2 Å². The van der Waals surface area contributed by atoms with E-state index in [2.05, 4.69) is 5.32 Å². The lowest BCUT2D eigenvalue weighted by Crippen LogP contribution is -2.51. The Labute approximate surface area is 207 Å². The molecule has 192 valence electrons. The minimum Gasteiger partial charge on any atom is -0.357 e. The monoisotopic (exact) mass is 533 g/mol. The molecule has 1 unspecified atom stereocenters. The Hall–Kier alpha value is -2.79. The van der Waals surface area contributed by atoms with Gasteiger partial charge in [0.05, 0.1) is 22.5 Å². The summed E-state index contributed by atoms with van der Waals surface area (Å²) in [5.41, 5.74) is -0.0307. The average Bonchev–Trinajstić information content (AvgIpc) is 2.77. The van der Waals surface area contributed by atoms with Crippen molar-refractivity contribution in [2.75, 3.05) is 24.2 Å². The zero-order chi connectivity index (χ0) is 26.6. The van der Waals surface area contributed by atoms with Crippen LogP contribution in [0.25, 0.3) is 0 Å². The zero-order valence-electron chi connectivity index (χ0n) is 19.7. The number of benzene rings is 2. The summed E-state index contributed by atoms with van der Waals surface area (Å²) in [5, 5.41) is 2.21. The van der Waals surface area contributed by atoms with E-state index >= 15 is 0 Å². The molecule has 0 bridgehead atoms. The number of hydrogen-bond donors (Lipinski definition) is 1. The highest BCUT2D eigenvalue weighted by molar-refractivity contribution is 7.92. The van der Waals surface area contributed by atoms with Crippen molar-refractivity contribution in [3.63, 3.8) is 0 Å². The number of sulfonamides is 1. The predicted octanol–water partition coefficient (Wildman–Crippen LogP) is 3.99. The normalized spacial score (nSPS) is 12.7. The fraction of sp³-hybridized carbons (Fsp3) is 0.391.